The molecule has 1 saturated carbocycles. The van der Waals surface area contributed by atoms with Crippen molar-refractivity contribution in [3.63, 3.8) is 0 Å². The number of nitrogens with one attached hydrogen (secondary N) is 1. The Kier molecular flexibility index (Phi) is 6.97. The molecular formula is C24H34N6O2. The van der Waals surface area contributed by atoms with Gasteiger partial charge in [-0.1, -0.05) is 24.4 Å². The van der Waals surface area contributed by atoms with Crippen molar-refractivity contribution in [1.82, 2.24) is 19.5 Å². The van der Waals surface area contributed by atoms with Crippen LogP contribution in [0.1, 0.15) is 66.4 Å². The lowest BCUT2D eigenvalue weighted by Crippen LogP contribution is -2.48. The highest BCUT2D eigenvalue weighted by Gasteiger charge is 2.27. The summed E-state index contributed by atoms with van der Waals surface area (Å²) in [6.07, 6.45) is 5.89. The SMILES string of the molecule is Cc1cc(CN2CCN(CC(=O)Nc3c(C#N)c(C)c(C)n3C3CCCCC3)CC2)no1. The molecule has 32 heavy (non-hydrogen) atoms. The predicted octanol–water partition coefficient (Wildman–Crippen LogP) is 3.53. The van der Waals surface area contributed by atoms with E-state index in [9.17, 15) is 10.1 Å². The lowest BCUT2D eigenvalue weighted by atomic mass is 9.95. The van der Waals surface area contributed by atoms with Crippen molar-refractivity contribution in [2.75, 3.05) is 38.0 Å². The van der Waals surface area contributed by atoms with Gasteiger partial charge in [0.25, 0.3) is 0 Å². The maximum absolute atomic E-state index is 13.0. The van der Waals surface area contributed by atoms with Crippen LogP contribution in [0.2, 0.25) is 0 Å². The number of carbonyl (C=O) groups excluding carboxylic acids is 1. The maximum atomic E-state index is 13.0. The second-order valence-corrected chi connectivity index (χ2v) is 9.24. The van der Waals surface area contributed by atoms with Crippen molar-refractivity contribution in [3.8, 4) is 6.07 Å². The summed E-state index contributed by atoms with van der Waals surface area (Å²) >= 11 is 0. The molecule has 2 aromatic rings. The standard InChI is InChI=1S/C24H34N6O2/c1-17-13-20(27-32-17)15-28-9-11-29(12-10-28)16-23(31)26-24-22(14-25)18(2)19(3)30(24)21-7-5-4-6-8-21/h13,21H,4-12,15-16H2,1-3H3,(H,26,31). The van der Waals surface area contributed by atoms with Crippen LogP contribution in [-0.2, 0) is 11.3 Å². The zero-order valence-electron chi connectivity index (χ0n) is 19.5. The molecule has 8 heteroatoms. The van der Waals surface area contributed by atoms with E-state index < -0.39 is 0 Å². The molecule has 4 rings (SSSR count). The van der Waals surface area contributed by atoms with Crippen LogP contribution in [0, 0.1) is 32.1 Å². The predicted molar refractivity (Wildman–Crippen MR) is 122 cm³/mol. The van der Waals surface area contributed by atoms with Crippen molar-refractivity contribution >= 4 is 11.7 Å². The first kappa shape index (κ1) is 22.6. The molecule has 3 heterocycles. The fraction of sp³-hybridized carbons (Fsp3) is 0.625. The molecule has 1 aliphatic carbocycles. The summed E-state index contributed by atoms with van der Waals surface area (Å²) in [5, 5.41) is 17.0. The molecule has 0 aromatic carbocycles. The Morgan fingerprint density at radius 3 is 2.47 bits per heavy atom. The highest BCUT2D eigenvalue weighted by Crippen LogP contribution is 2.36. The van der Waals surface area contributed by atoms with Crippen LogP contribution in [0.15, 0.2) is 10.6 Å². The van der Waals surface area contributed by atoms with Crippen molar-refractivity contribution in [3.05, 3.63) is 34.3 Å². The molecule has 2 fully saturated rings. The third-order valence-electron chi connectivity index (χ3n) is 6.96. The third-order valence-corrected chi connectivity index (χ3v) is 6.96. The Balaban J connectivity index is 1.37. The van der Waals surface area contributed by atoms with Gasteiger partial charge in [0.15, 0.2) is 0 Å². The van der Waals surface area contributed by atoms with E-state index in [1.54, 1.807) is 0 Å². The number of nitriles is 1. The summed E-state index contributed by atoms with van der Waals surface area (Å²) in [4.78, 5) is 17.5. The fourth-order valence-corrected chi connectivity index (χ4v) is 5.08. The first-order chi connectivity index (χ1) is 15.5. The van der Waals surface area contributed by atoms with Gasteiger partial charge in [0, 0.05) is 50.5 Å². The van der Waals surface area contributed by atoms with Gasteiger partial charge in [0.05, 0.1) is 17.8 Å². The number of nitrogens with zero attached hydrogens (tertiary/aromatic N) is 5. The number of hydrogen-bond acceptors (Lipinski definition) is 6. The minimum atomic E-state index is -0.0448. The summed E-state index contributed by atoms with van der Waals surface area (Å²) in [7, 11) is 0. The molecule has 1 aliphatic heterocycles. The first-order valence-electron chi connectivity index (χ1n) is 11.7. The number of hydrogen-bond donors (Lipinski definition) is 1. The van der Waals surface area contributed by atoms with Crippen LogP contribution < -0.4 is 5.32 Å². The lowest BCUT2D eigenvalue weighted by Gasteiger charge is -2.34. The van der Waals surface area contributed by atoms with Gasteiger partial charge in [-0.05, 0) is 39.2 Å². The molecule has 172 valence electrons. The van der Waals surface area contributed by atoms with E-state index >= 15 is 0 Å². The highest BCUT2D eigenvalue weighted by atomic mass is 16.5. The lowest BCUT2D eigenvalue weighted by molar-refractivity contribution is -0.117. The molecule has 0 radical (unpaired) electrons. The van der Waals surface area contributed by atoms with Crippen LogP contribution in [0.5, 0.6) is 0 Å². The van der Waals surface area contributed by atoms with E-state index in [2.05, 4.69) is 37.8 Å². The Hall–Kier alpha value is -2.63. The zero-order valence-corrected chi connectivity index (χ0v) is 19.5. The van der Waals surface area contributed by atoms with Crippen molar-refractivity contribution < 1.29 is 9.32 Å². The topological polar surface area (TPSA) is 90.3 Å². The van der Waals surface area contributed by atoms with Gasteiger partial charge in [-0.3, -0.25) is 14.6 Å². The molecule has 1 amide bonds. The van der Waals surface area contributed by atoms with E-state index in [0.717, 1.165) is 68.3 Å². The molecule has 1 N–H and O–H groups in total. The average Bonchev–Trinajstić information content (AvgIpc) is 3.30. The van der Waals surface area contributed by atoms with Gasteiger partial charge in [-0.25, -0.2) is 0 Å². The molecule has 8 nitrogen and oxygen atoms in total. The number of anilines is 1. The third kappa shape index (κ3) is 4.89. The van der Waals surface area contributed by atoms with Gasteiger partial charge in [-0.2, -0.15) is 5.26 Å². The van der Waals surface area contributed by atoms with Gasteiger partial charge in [0.2, 0.25) is 5.91 Å². The Morgan fingerprint density at radius 1 is 1.16 bits per heavy atom. The maximum Gasteiger partial charge on any atom is 0.239 e. The summed E-state index contributed by atoms with van der Waals surface area (Å²) in [5.74, 6) is 1.48. The van der Waals surface area contributed by atoms with Gasteiger partial charge in [0.1, 0.15) is 17.6 Å². The van der Waals surface area contributed by atoms with E-state index in [4.69, 9.17) is 4.52 Å². The van der Waals surface area contributed by atoms with Crippen LogP contribution in [0.4, 0.5) is 5.82 Å². The normalized spacial score (nSPS) is 18.6. The monoisotopic (exact) mass is 438 g/mol. The summed E-state index contributed by atoms with van der Waals surface area (Å²) in [6, 6.07) is 4.67. The van der Waals surface area contributed by atoms with Gasteiger partial charge >= 0.3 is 0 Å². The van der Waals surface area contributed by atoms with E-state index in [1.807, 2.05) is 19.9 Å². The zero-order chi connectivity index (χ0) is 22.7. The number of carbonyl (C=O) groups is 1. The number of aromatic nitrogens is 2. The Bertz CT molecular complexity index is 987. The second-order valence-electron chi connectivity index (χ2n) is 9.24. The minimum Gasteiger partial charge on any atom is -0.361 e. The number of aryl methyl sites for hydroxylation is 1. The van der Waals surface area contributed by atoms with E-state index in [-0.39, 0.29) is 5.91 Å². The van der Waals surface area contributed by atoms with Crippen molar-refractivity contribution in [2.45, 2.75) is 65.5 Å². The molecule has 0 unspecified atom stereocenters. The number of rotatable bonds is 6. The van der Waals surface area contributed by atoms with Gasteiger partial charge in [-0.15, -0.1) is 0 Å². The molecule has 1 saturated heterocycles. The number of piperazine rings is 1. The summed E-state index contributed by atoms with van der Waals surface area (Å²) < 4.78 is 7.38. The van der Waals surface area contributed by atoms with Crippen LogP contribution in [0.25, 0.3) is 0 Å². The van der Waals surface area contributed by atoms with E-state index in [1.165, 1.54) is 19.3 Å². The van der Waals surface area contributed by atoms with Gasteiger partial charge < -0.3 is 14.4 Å². The average molecular weight is 439 g/mol. The molecule has 2 aromatic heterocycles. The quantitative estimate of drug-likeness (QED) is 0.742. The molecule has 0 spiro atoms. The molecular weight excluding hydrogens is 404 g/mol. The Morgan fingerprint density at radius 2 is 1.84 bits per heavy atom. The second kappa shape index (κ2) is 9.88. The Labute approximate surface area is 190 Å². The fourth-order valence-electron chi connectivity index (χ4n) is 5.08. The molecule has 0 atom stereocenters. The largest absolute Gasteiger partial charge is 0.361 e. The minimum absolute atomic E-state index is 0.0448. The van der Waals surface area contributed by atoms with Crippen molar-refractivity contribution in [2.24, 2.45) is 0 Å². The summed E-state index contributed by atoms with van der Waals surface area (Å²) in [5.41, 5.74) is 3.63. The highest BCUT2D eigenvalue weighted by molar-refractivity contribution is 5.93. The molecule has 2 aliphatic rings. The van der Waals surface area contributed by atoms with Crippen LogP contribution >= 0.6 is 0 Å². The van der Waals surface area contributed by atoms with Crippen LogP contribution in [0.3, 0.4) is 0 Å². The smallest absolute Gasteiger partial charge is 0.239 e. The van der Waals surface area contributed by atoms with Crippen LogP contribution in [-0.4, -0.2) is 58.2 Å². The summed E-state index contributed by atoms with van der Waals surface area (Å²) in [6.45, 7) is 10.5. The van der Waals surface area contributed by atoms with E-state index in [0.29, 0.717) is 24.0 Å². The van der Waals surface area contributed by atoms with Crippen molar-refractivity contribution in [1.29, 1.82) is 5.26 Å². The first-order valence-corrected chi connectivity index (χ1v) is 11.7. The molecule has 0 bridgehead atoms. The number of amides is 1.